The predicted octanol–water partition coefficient (Wildman–Crippen LogP) is 3.86. The van der Waals surface area contributed by atoms with Crippen molar-refractivity contribution in [2.75, 3.05) is 7.05 Å². The van der Waals surface area contributed by atoms with Gasteiger partial charge >= 0.3 is 0 Å². The molecule has 1 heterocycles. The Morgan fingerprint density at radius 3 is 2.44 bits per heavy atom. The maximum atomic E-state index is 3.42. The average molecular weight is 221 g/mol. The van der Waals surface area contributed by atoms with Gasteiger partial charge in [0.1, 0.15) is 0 Å². The summed E-state index contributed by atoms with van der Waals surface area (Å²) in [7, 11) is 2.07. The van der Waals surface area contributed by atoms with Crippen molar-refractivity contribution < 1.29 is 0 Å². The minimum Gasteiger partial charge on any atom is -0.317 e. The molecule has 4 atom stereocenters. The molecule has 0 spiro atoms. The van der Waals surface area contributed by atoms with Crippen molar-refractivity contribution >= 4 is 6.71 Å². The van der Waals surface area contributed by atoms with Crippen LogP contribution < -0.4 is 5.32 Å². The third kappa shape index (κ3) is 1.75. The van der Waals surface area contributed by atoms with E-state index in [1.54, 1.807) is 5.57 Å². The maximum absolute atomic E-state index is 3.42. The third-order valence-corrected chi connectivity index (χ3v) is 5.39. The molecule has 1 fully saturated rings. The first-order valence-corrected chi connectivity index (χ1v) is 6.78. The van der Waals surface area contributed by atoms with E-state index in [0.29, 0.717) is 17.3 Å². The van der Waals surface area contributed by atoms with Crippen molar-refractivity contribution in [2.24, 2.45) is 5.92 Å². The van der Waals surface area contributed by atoms with Crippen LogP contribution in [0.25, 0.3) is 0 Å². The lowest BCUT2D eigenvalue weighted by atomic mass is 9.12. The third-order valence-electron chi connectivity index (χ3n) is 5.39. The van der Waals surface area contributed by atoms with E-state index in [1.807, 2.05) is 0 Å². The summed E-state index contributed by atoms with van der Waals surface area (Å²) < 4.78 is 0. The van der Waals surface area contributed by atoms with Crippen LogP contribution in [-0.4, -0.2) is 19.8 Å². The second-order valence-electron chi connectivity index (χ2n) is 5.70. The van der Waals surface area contributed by atoms with Gasteiger partial charge < -0.3 is 5.32 Å². The molecular weight excluding hydrogens is 193 g/mol. The molecule has 0 aromatic rings. The molecule has 16 heavy (non-hydrogen) atoms. The van der Waals surface area contributed by atoms with Gasteiger partial charge in [-0.05, 0) is 37.9 Å². The first kappa shape index (κ1) is 13.8. The molecule has 1 nitrogen and oxygen atoms in total. The quantitative estimate of drug-likeness (QED) is 0.561. The highest BCUT2D eigenvalue weighted by Crippen LogP contribution is 2.64. The Bertz CT molecular complexity index is 274. The molecule has 0 bridgehead atoms. The molecule has 92 valence electrons. The van der Waals surface area contributed by atoms with Crippen LogP contribution in [0.1, 0.15) is 41.5 Å². The lowest BCUT2D eigenvalue weighted by molar-refractivity contribution is 0.323. The van der Waals surface area contributed by atoms with E-state index in [2.05, 4.69) is 60.0 Å². The zero-order chi connectivity index (χ0) is 12.5. The van der Waals surface area contributed by atoms with Gasteiger partial charge in [-0.1, -0.05) is 45.7 Å². The summed E-state index contributed by atoms with van der Waals surface area (Å²) >= 11 is 0. The van der Waals surface area contributed by atoms with Gasteiger partial charge in [0.15, 0.2) is 6.71 Å². The highest BCUT2D eigenvalue weighted by atomic mass is 14.9. The predicted molar refractivity (Wildman–Crippen MR) is 75.5 cm³/mol. The van der Waals surface area contributed by atoms with E-state index in [0.717, 1.165) is 12.5 Å². The summed E-state index contributed by atoms with van der Waals surface area (Å²) in [5.41, 5.74) is 1.67. The van der Waals surface area contributed by atoms with Crippen molar-refractivity contribution in [3.8, 4) is 0 Å². The zero-order valence-electron chi connectivity index (χ0n) is 12.1. The molecule has 4 unspecified atom stereocenters. The topological polar surface area (TPSA) is 12.0 Å². The lowest BCUT2D eigenvalue weighted by Crippen LogP contribution is -2.54. The smallest absolute Gasteiger partial charge is 0.158 e. The van der Waals surface area contributed by atoms with Crippen LogP contribution >= 0.6 is 0 Å². The normalized spacial score (nSPS) is 36.1. The molecule has 0 radical (unpaired) electrons. The van der Waals surface area contributed by atoms with Gasteiger partial charge in [0.2, 0.25) is 0 Å². The van der Waals surface area contributed by atoms with E-state index >= 15 is 0 Å². The van der Waals surface area contributed by atoms with Crippen molar-refractivity contribution in [2.45, 2.75) is 65.0 Å². The van der Waals surface area contributed by atoms with E-state index in [4.69, 9.17) is 0 Å². The minimum absolute atomic E-state index is 0.408. The molecule has 0 aromatic heterocycles. The van der Waals surface area contributed by atoms with Crippen molar-refractivity contribution in [3.63, 3.8) is 0 Å². The Hall–Kier alpha value is -0.235. The number of hydrogen-bond donors (Lipinski definition) is 1. The van der Waals surface area contributed by atoms with Crippen LogP contribution in [0, 0.1) is 5.92 Å². The summed E-state index contributed by atoms with van der Waals surface area (Å²) in [6, 6.07) is 0.585. The Kier molecular flexibility index (Phi) is 4.28. The number of allylic oxidation sites excluding steroid dienone is 2. The van der Waals surface area contributed by atoms with Crippen molar-refractivity contribution in [3.05, 3.63) is 11.6 Å². The van der Waals surface area contributed by atoms with Gasteiger partial charge in [-0.25, -0.2) is 0 Å². The molecule has 2 heteroatoms. The molecule has 0 saturated carbocycles. The van der Waals surface area contributed by atoms with Crippen LogP contribution in [0.2, 0.25) is 17.5 Å². The van der Waals surface area contributed by atoms with Crippen LogP contribution in [-0.2, 0) is 0 Å². The van der Waals surface area contributed by atoms with Crippen LogP contribution in [0.15, 0.2) is 11.6 Å². The maximum Gasteiger partial charge on any atom is 0.158 e. The van der Waals surface area contributed by atoms with Gasteiger partial charge in [-0.15, -0.1) is 0 Å². The fourth-order valence-corrected chi connectivity index (χ4v) is 4.07. The molecule has 0 aromatic carbocycles. The summed E-state index contributed by atoms with van der Waals surface area (Å²) in [6.07, 6.45) is 3.66. The fraction of sp³-hybridized carbons (Fsp3) is 0.857. The monoisotopic (exact) mass is 221 g/mol. The van der Waals surface area contributed by atoms with Gasteiger partial charge in [0.25, 0.3) is 0 Å². The minimum atomic E-state index is 0.408. The molecule has 1 rings (SSSR count). The van der Waals surface area contributed by atoms with Crippen LogP contribution in [0.4, 0.5) is 0 Å². The van der Waals surface area contributed by atoms with Crippen LogP contribution in [0.5, 0.6) is 0 Å². The summed E-state index contributed by atoms with van der Waals surface area (Å²) in [5.74, 6) is 1.48. The fourth-order valence-electron chi connectivity index (χ4n) is 4.07. The first-order valence-electron chi connectivity index (χ1n) is 6.78. The molecule has 1 aliphatic heterocycles. The van der Waals surface area contributed by atoms with Gasteiger partial charge in [-0.3, -0.25) is 0 Å². The van der Waals surface area contributed by atoms with Crippen molar-refractivity contribution in [1.82, 2.24) is 5.32 Å². The summed E-state index contributed by atoms with van der Waals surface area (Å²) in [6.45, 7) is 15.0. The highest BCUT2D eigenvalue weighted by molar-refractivity contribution is 6.70. The first-order chi connectivity index (χ1) is 7.44. The molecular formula is C14H28BN. The molecule has 0 amide bonds. The largest absolute Gasteiger partial charge is 0.317 e. The zero-order valence-corrected chi connectivity index (χ0v) is 12.1. The second-order valence-corrected chi connectivity index (χ2v) is 5.70. The van der Waals surface area contributed by atoms with E-state index in [1.165, 1.54) is 6.32 Å². The van der Waals surface area contributed by atoms with Gasteiger partial charge in [0.05, 0.1) is 0 Å². The van der Waals surface area contributed by atoms with E-state index < -0.39 is 0 Å². The molecule has 1 N–H and O–H groups in total. The Balaban J connectivity index is 2.97. The highest BCUT2D eigenvalue weighted by Gasteiger charge is 2.56. The number of hydrogen-bond acceptors (Lipinski definition) is 1. The van der Waals surface area contributed by atoms with Gasteiger partial charge in [-0.2, -0.15) is 0 Å². The SMILES string of the molecule is C/C=C1/C(C)B(CC)C1(C)C(C)C(C)NC. The average Bonchev–Trinajstić information content (AvgIpc) is 2.27. The second kappa shape index (κ2) is 4.95. The number of nitrogens with one attached hydrogen (secondary N) is 1. The Morgan fingerprint density at radius 2 is 2.06 bits per heavy atom. The molecule has 1 aliphatic rings. The molecule has 0 aliphatic carbocycles. The molecule has 1 saturated heterocycles. The van der Waals surface area contributed by atoms with E-state index in [-0.39, 0.29) is 0 Å². The number of rotatable bonds is 4. The van der Waals surface area contributed by atoms with Gasteiger partial charge in [0, 0.05) is 6.04 Å². The Labute approximate surface area is 102 Å². The standard InChI is InChI=1S/C14H28BN/c1-8-13-11(4)15(9-2)14(13,6)10(3)12(5)16-7/h8,10-12,16H,9H2,1-7H3/b13-8-. The van der Waals surface area contributed by atoms with Crippen LogP contribution in [0.3, 0.4) is 0 Å². The lowest BCUT2D eigenvalue weighted by Gasteiger charge is -2.58. The summed E-state index contributed by atoms with van der Waals surface area (Å²) in [4.78, 5) is 0. The summed E-state index contributed by atoms with van der Waals surface area (Å²) in [5, 5.41) is 3.82. The van der Waals surface area contributed by atoms with E-state index in [9.17, 15) is 0 Å². The van der Waals surface area contributed by atoms with Crippen molar-refractivity contribution in [1.29, 1.82) is 0 Å². The Morgan fingerprint density at radius 1 is 1.50 bits per heavy atom.